The van der Waals surface area contributed by atoms with Crippen LogP contribution < -0.4 is 0 Å². The van der Waals surface area contributed by atoms with E-state index in [1.165, 1.54) is 0 Å². The average Bonchev–Trinajstić information content (AvgIpc) is 3.03. The molecular weight excluding hydrogens is 352 g/mol. The monoisotopic (exact) mass is 369 g/mol. The quantitative estimate of drug-likeness (QED) is 0.728. The van der Waals surface area contributed by atoms with Gasteiger partial charge in [-0.05, 0) is 55.6 Å². The predicted molar refractivity (Wildman–Crippen MR) is 88.9 cm³/mol. The lowest BCUT2D eigenvalue weighted by Gasteiger charge is -2.32. The average molecular weight is 370 g/mol. The van der Waals surface area contributed by atoms with Crippen LogP contribution in [0.2, 0.25) is 5.02 Å². The van der Waals surface area contributed by atoms with Crippen LogP contribution in [-0.4, -0.2) is 47.4 Å². The molecule has 1 aliphatic heterocycles. The fourth-order valence-electron chi connectivity index (χ4n) is 3.14. The van der Waals surface area contributed by atoms with Gasteiger partial charge in [0.15, 0.2) is 0 Å². The molecule has 1 fully saturated rings. The minimum Gasteiger partial charge on any atom is -0.420 e. The Labute approximate surface area is 149 Å². The number of aldehydes is 1. The van der Waals surface area contributed by atoms with E-state index in [1.54, 1.807) is 11.0 Å². The molecule has 0 atom stereocenters. The highest BCUT2D eigenvalue weighted by molar-refractivity contribution is 6.30. The molecule has 0 spiro atoms. The third-order valence-electron chi connectivity index (χ3n) is 4.35. The summed E-state index contributed by atoms with van der Waals surface area (Å²) in [6.07, 6.45) is 0.0727. The second-order valence-corrected chi connectivity index (χ2v) is 6.55. The number of nitrogens with zero attached hydrogens (tertiary/aromatic N) is 3. The number of carbonyl (C=O) groups excluding carboxylic acids is 1. The molecule has 25 heavy (non-hydrogen) atoms. The summed E-state index contributed by atoms with van der Waals surface area (Å²) >= 11 is 6.23. The number of benzene rings is 1. The summed E-state index contributed by atoms with van der Waals surface area (Å²) in [6.45, 7) is 1.11. The molecular formula is C17H18ClF2N3O2. The zero-order valence-electron chi connectivity index (χ0n) is 13.5. The summed E-state index contributed by atoms with van der Waals surface area (Å²) in [4.78, 5) is 12.3. The summed E-state index contributed by atoms with van der Waals surface area (Å²) in [5, 5.41) is 8.33. The molecule has 3 rings (SSSR count). The Balaban J connectivity index is 1.74. The zero-order valence-corrected chi connectivity index (χ0v) is 14.3. The Hall–Kier alpha value is -1.86. The van der Waals surface area contributed by atoms with Crippen LogP contribution in [-0.2, 0) is 11.2 Å². The van der Waals surface area contributed by atoms with Crippen molar-refractivity contribution in [1.29, 1.82) is 0 Å². The molecule has 1 aromatic heterocycles. The van der Waals surface area contributed by atoms with Crippen LogP contribution in [0.4, 0.5) is 8.78 Å². The van der Waals surface area contributed by atoms with Gasteiger partial charge in [0.2, 0.25) is 11.8 Å². The first-order valence-corrected chi connectivity index (χ1v) is 8.50. The van der Waals surface area contributed by atoms with Gasteiger partial charge in [-0.2, -0.15) is 0 Å². The second kappa shape index (κ2) is 8.01. The fourth-order valence-corrected chi connectivity index (χ4v) is 3.38. The Morgan fingerprint density at radius 2 is 2.04 bits per heavy atom. The van der Waals surface area contributed by atoms with Crippen LogP contribution in [0.25, 0.3) is 11.5 Å². The van der Waals surface area contributed by atoms with Crippen LogP contribution in [0.15, 0.2) is 22.6 Å². The molecule has 0 N–H and O–H groups in total. The highest BCUT2D eigenvalue weighted by atomic mass is 35.5. The van der Waals surface area contributed by atoms with Crippen molar-refractivity contribution in [3.63, 3.8) is 0 Å². The van der Waals surface area contributed by atoms with Gasteiger partial charge in [-0.15, -0.1) is 10.2 Å². The maximum atomic E-state index is 12.5. The van der Waals surface area contributed by atoms with E-state index in [2.05, 4.69) is 10.2 Å². The first-order valence-electron chi connectivity index (χ1n) is 8.12. The van der Waals surface area contributed by atoms with Crippen molar-refractivity contribution in [2.75, 3.05) is 19.6 Å². The lowest BCUT2D eigenvalue weighted by atomic mass is 9.88. The molecule has 2 aromatic rings. The maximum Gasteiger partial charge on any atom is 0.251 e. The van der Waals surface area contributed by atoms with E-state index < -0.39 is 6.43 Å². The van der Waals surface area contributed by atoms with Crippen LogP contribution in [0.3, 0.4) is 0 Å². The predicted octanol–water partition coefficient (Wildman–Crippen LogP) is 3.58. The van der Waals surface area contributed by atoms with E-state index in [9.17, 15) is 13.6 Å². The highest BCUT2D eigenvalue weighted by Crippen LogP contribution is 2.33. The molecule has 0 saturated carbocycles. The molecule has 0 radical (unpaired) electrons. The van der Waals surface area contributed by atoms with Crippen molar-refractivity contribution in [2.45, 2.75) is 31.6 Å². The lowest BCUT2D eigenvalue weighted by molar-refractivity contribution is -0.107. The number of halogens is 3. The molecule has 0 bridgehead atoms. The molecule has 0 amide bonds. The maximum absolute atomic E-state index is 12.5. The Morgan fingerprint density at radius 1 is 1.28 bits per heavy atom. The zero-order chi connectivity index (χ0) is 17.8. The summed E-state index contributed by atoms with van der Waals surface area (Å²) in [5.41, 5.74) is 1.73. The van der Waals surface area contributed by atoms with E-state index in [-0.39, 0.29) is 24.8 Å². The number of alkyl halides is 2. The molecule has 8 heteroatoms. The number of hydrogen-bond acceptors (Lipinski definition) is 5. The lowest BCUT2D eigenvalue weighted by Crippen LogP contribution is -2.36. The van der Waals surface area contributed by atoms with Crippen molar-refractivity contribution >= 4 is 17.9 Å². The summed E-state index contributed by atoms with van der Waals surface area (Å²) in [7, 11) is 0. The van der Waals surface area contributed by atoms with E-state index in [1.807, 2.05) is 12.1 Å². The number of likely N-dealkylation sites (tertiary alicyclic amines) is 1. The summed E-state index contributed by atoms with van der Waals surface area (Å²) < 4.78 is 30.4. The molecule has 134 valence electrons. The first kappa shape index (κ1) is 17.9. The van der Waals surface area contributed by atoms with Crippen molar-refractivity contribution in [3.05, 3.63) is 34.7 Å². The second-order valence-electron chi connectivity index (χ2n) is 6.11. The van der Waals surface area contributed by atoms with Gasteiger partial charge < -0.3 is 9.21 Å². The molecule has 1 aromatic carbocycles. The van der Waals surface area contributed by atoms with E-state index >= 15 is 0 Å². The highest BCUT2D eigenvalue weighted by Gasteiger charge is 2.23. The summed E-state index contributed by atoms with van der Waals surface area (Å²) in [5.74, 6) is 0.825. The molecule has 1 aliphatic rings. The van der Waals surface area contributed by atoms with Gasteiger partial charge in [-0.1, -0.05) is 11.6 Å². The van der Waals surface area contributed by atoms with Crippen molar-refractivity contribution in [2.24, 2.45) is 0 Å². The normalized spacial score (nSPS) is 16.5. The third kappa shape index (κ3) is 4.61. The van der Waals surface area contributed by atoms with E-state index in [4.69, 9.17) is 16.0 Å². The van der Waals surface area contributed by atoms with Crippen LogP contribution >= 0.6 is 11.6 Å². The molecule has 5 nitrogen and oxygen atoms in total. The topological polar surface area (TPSA) is 59.2 Å². The molecule has 2 heterocycles. The first-order chi connectivity index (χ1) is 12.0. The summed E-state index contributed by atoms with van der Waals surface area (Å²) in [6, 6.07) is 5.56. The van der Waals surface area contributed by atoms with Crippen molar-refractivity contribution < 1.29 is 18.0 Å². The Kier molecular flexibility index (Phi) is 5.75. The minimum atomic E-state index is -2.30. The van der Waals surface area contributed by atoms with Crippen LogP contribution in [0, 0.1) is 0 Å². The third-order valence-corrected chi connectivity index (χ3v) is 4.57. The smallest absolute Gasteiger partial charge is 0.251 e. The largest absolute Gasteiger partial charge is 0.420 e. The van der Waals surface area contributed by atoms with Crippen molar-refractivity contribution in [3.8, 4) is 11.5 Å². The van der Waals surface area contributed by atoms with Gasteiger partial charge in [0.1, 0.15) is 6.29 Å². The Bertz CT molecular complexity index is 730. The standard InChI is InChI=1S/C17H18ClF2N3O2/c18-14-8-12(11-1-4-23(5-2-11)10-15(19)20)7-13(9-14)17-22-21-16(25-17)3-6-24/h6-9,11,15H,1-5,10H2. The number of hydrogen-bond donors (Lipinski definition) is 0. The van der Waals surface area contributed by atoms with Gasteiger partial charge >= 0.3 is 0 Å². The molecule has 0 unspecified atom stereocenters. The minimum absolute atomic E-state index is 0.0724. The van der Waals surface area contributed by atoms with Crippen molar-refractivity contribution in [1.82, 2.24) is 15.1 Å². The van der Waals surface area contributed by atoms with Gasteiger partial charge in [-0.3, -0.25) is 4.90 Å². The van der Waals surface area contributed by atoms with E-state index in [0.29, 0.717) is 35.9 Å². The van der Waals surface area contributed by atoms with Gasteiger partial charge in [0.25, 0.3) is 6.43 Å². The van der Waals surface area contributed by atoms with Gasteiger partial charge in [-0.25, -0.2) is 8.78 Å². The van der Waals surface area contributed by atoms with Crippen LogP contribution in [0.5, 0.6) is 0 Å². The molecule has 0 aliphatic carbocycles. The number of carbonyl (C=O) groups is 1. The number of piperidine rings is 1. The van der Waals surface area contributed by atoms with Crippen LogP contribution in [0.1, 0.15) is 30.2 Å². The fraction of sp³-hybridized carbons (Fsp3) is 0.471. The van der Waals surface area contributed by atoms with Gasteiger partial charge in [0, 0.05) is 10.6 Å². The number of rotatable bonds is 6. The number of aromatic nitrogens is 2. The van der Waals surface area contributed by atoms with Gasteiger partial charge in [0.05, 0.1) is 13.0 Å². The van der Waals surface area contributed by atoms with E-state index in [0.717, 1.165) is 18.4 Å². The molecule has 1 saturated heterocycles. The SMILES string of the molecule is O=CCc1nnc(-c2cc(Cl)cc(C3CCN(CC(F)F)CC3)c2)o1. The Morgan fingerprint density at radius 3 is 2.72 bits per heavy atom.